The second kappa shape index (κ2) is 8.46. The SMILES string of the molecule is CC(C)Cn1c(SCC(=O)N2C(C)CCCC2C)nc2ccccc2c1=O. The van der Waals surface area contributed by atoms with Gasteiger partial charge in [-0.3, -0.25) is 14.2 Å². The molecule has 146 valence electrons. The first-order valence-electron chi connectivity index (χ1n) is 9.82. The summed E-state index contributed by atoms with van der Waals surface area (Å²) in [6.07, 6.45) is 3.31. The predicted molar refractivity (Wildman–Crippen MR) is 111 cm³/mol. The van der Waals surface area contributed by atoms with Gasteiger partial charge in [-0.2, -0.15) is 0 Å². The minimum absolute atomic E-state index is 0.0241. The van der Waals surface area contributed by atoms with Crippen LogP contribution in [-0.2, 0) is 11.3 Å². The molecule has 2 aromatic rings. The molecule has 1 aromatic carbocycles. The highest BCUT2D eigenvalue weighted by molar-refractivity contribution is 7.99. The summed E-state index contributed by atoms with van der Waals surface area (Å²) < 4.78 is 1.73. The Balaban J connectivity index is 1.87. The first kappa shape index (κ1) is 19.9. The summed E-state index contributed by atoms with van der Waals surface area (Å²) in [6.45, 7) is 9.02. The Kier molecular flexibility index (Phi) is 6.25. The van der Waals surface area contributed by atoms with Crippen molar-refractivity contribution >= 4 is 28.6 Å². The number of nitrogens with zero attached hydrogens (tertiary/aromatic N) is 3. The minimum Gasteiger partial charge on any atom is -0.337 e. The van der Waals surface area contributed by atoms with E-state index in [-0.39, 0.29) is 23.6 Å². The maximum absolute atomic E-state index is 12.9. The van der Waals surface area contributed by atoms with Crippen molar-refractivity contribution in [1.29, 1.82) is 0 Å². The zero-order valence-electron chi connectivity index (χ0n) is 16.6. The number of aromatic nitrogens is 2. The Morgan fingerprint density at radius 3 is 2.56 bits per heavy atom. The van der Waals surface area contributed by atoms with Gasteiger partial charge in [0.1, 0.15) is 0 Å². The van der Waals surface area contributed by atoms with E-state index >= 15 is 0 Å². The van der Waals surface area contributed by atoms with E-state index in [0.29, 0.717) is 34.3 Å². The van der Waals surface area contributed by atoms with Gasteiger partial charge in [-0.05, 0) is 51.2 Å². The normalized spacial score (nSPS) is 20.4. The summed E-state index contributed by atoms with van der Waals surface area (Å²) >= 11 is 1.38. The van der Waals surface area contributed by atoms with Gasteiger partial charge in [0.25, 0.3) is 5.56 Å². The molecule has 0 bridgehead atoms. The topological polar surface area (TPSA) is 55.2 Å². The monoisotopic (exact) mass is 387 g/mol. The van der Waals surface area contributed by atoms with E-state index in [0.717, 1.165) is 12.8 Å². The maximum Gasteiger partial charge on any atom is 0.262 e. The Hall–Kier alpha value is -1.82. The second-order valence-corrected chi connectivity index (χ2v) is 8.88. The summed E-state index contributed by atoms with van der Waals surface area (Å²) in [5.74, 6) is 0.776. The molecule has 6 heteroatoms. The third-order valence-electron chi connectivity index (χ3n) is 5.18. The van der Waals surface area contributed by atoms with Gasteiger partial charge < -0.3 is 4.90 Å². The molecule has 2 unspecified atom stereocenters. The van der Waals surface area contributed by atoms with Crippen LogP contribution in [0.25, 0.3) is 10.9 Å². The number of amides is 1. The van der Waals surface area contributed by atoms with Crippen LogP contribution in [0.1, 0.15) is 47.0 Å². The minimum atomic E-state index is -0.0241. The zero-order valence-corrected chi connectivity index (χ0v) is 17.5. The number of carbonyl (C=O) groups excluding carboxylic acids is 1. The smallest absolute Gasteiger partial charge is 0.262 e. The number of piperidine rings is 1. The van der Waals surface area contributed by atoms with E-state index in [2.05, 4.69) is 27.7 Å². The van der Waals surface area contributed by atoms with Crippen LogP contribution in [-0.4, -0.2) is 38.2 Å². The van der Waals surface area contributed by atoms with Gasteiger partial charge in [-0.1, -0.05) is 37.7 Å². The molecule has 5 nitrogen and oxygen atoms in total. The molecule has 0 N–H and O–H groups in total. The molecule has 2 heterocycles. The first-order valence-corrected chi connectivity index (χ1v) is 10.8. The van der Waals surface area contributed by atoms with Crippen molar-refractivity contribution in [3.8, 4) is 0 Å². The van der Waals surface area contributed by atoms with Gasteiger partial charge in [0.15, 0.2) is 5.16 Å². The fraction of sp³-hybridized carbons (Fsp3) is 0.571. The molecule has 1 fully saturated rings. The van der Waals surface area contributed by atoms with E-state index in [1.807, 2.05) is 29.2 Å². The number of likely N-dealkylation sites (tertiary alicyclic amines) is 1. The van der Waals surface area contributed by atoms with E-state index in [4.69, 9.17) is 4.98 Å². The maximum atomic E-state index is 12.9. The lowest BCUT2D eigenvalue weighted by atomic mass is 9.98. The van der Waals surface area contributed by atoms with Crippen LogP contribution < -0.4 is 5.56 Å². The summed E-state index contributed by atoms with van der Waals surface area (Å²) in [4.78, 5) is 32.5. The second-order valence-electron chi connectivity index (χ2n) is 7.94. The highest BCUT2D eigenvalue weighted by Crippen LogP contribution is 2.25. The number of carbonyl (C=O) groups is 1. The molecule has 1 amide bonds. The first-order chi connectivity index (χ1) is 12.9. The third-order valence-corrected chi connectivity index (χ3v) is 6.14. The summed E-state index contributed by atoms with van der Waals surface area (Å²) in [5, 5.41) is 1.27. The third kappa shape index (κ3) is 4.37. The fourth-order valence-electron chi connectivity index (χ4n) is 3.90. The molecular weight excluding hydrogens is 358 g/mol. The number of benzene rings is 1. The Bertz CT molecular complexity index is 867. The Morgan fingerprint density at radius 1 is 1.22 bits per heavy atom. The number of rotatable bonds is 5. The van der Waals surface area contributed by atoms with E-state index < -0.39 is 0 Å². The van der Waals surface area contributed by atoms with Crippen LogP contribution in [0.4, 0.5) is 0 Å². The largest absolute Gasteiger partial charge is 0.337 e. The molecule has 0 radical (unpaired) electrons. The van der Waals surface area contributed by atoms with Crippen molar-refractivity contribution in [3.63, 3.8) is 0 Å². The molecule has 1 aliphatic heterocycles. The van der Waals surface area contributed by atoms with Crippen LogP contribution in [0.2, 0.25) is 0 Å². The predicted octanol–water partition coefficient (Wildman–Crippen LogP) is 3.93. The molecule has 3 rings (SSSR count). The molecule has 1 aliphatic rings. The number of thioether (sulfide) groups is 1. The molecular formula is C21H29N3O2S. The van der Waals surface area contributed by atoms with E-state index in [9.17, 15) is 9.59 Å². The molecule has 2 atom stereocenters. The Labute approximate surface area is 165 Å². The molecule has 27 heavy (non-hydrogen) atoms. The lowest BCUT2D eigenvalue weighted by Gasteiger charge is -2.39. The van der Waals surface area contributed by atoms with E-state index in [1.165, 1.54) is 18.2 Å². The lowest BCUT2D eigenvalue weighted by Crippen LogP contribution is -2.48. The molecule has 1 saturated heterocycles. The summed E-state index contributed by atoms with van der Waals surface area (Å²) in [5.41, 5.74) is 0.668. The van der Waals surface area contributed by atoms with Crippen LogP contribution >= 0.6 is 11.8 Å². The van der Waals surface area contributed by atoms with Gasteiger partial charge in [0.2, 0.25) is 5.91 Å². The molecule has 0 aliphatic carbocycles. The number of para-hydroxylation sites is 1. The summed E-state index contributed by atoms with van der Waals surface area (Å²) in [6, 6.07) is 7.99. The van der Waals surface area contributed by atoms with Crippen molar-refractivity contribution in [2.75, 3.05) is 5.75 Å². The van der Waals surface area contributed by atoms with Crippen molar-refractivity contribution < 1.29 is 4.79 Å². The average molecular weight is 388 g/mol. The summed E-state index contributed by atoms with van der Waals surface area (Å²) in [7, 11) is 0. The van der Waals surface area contributed by atoms with Gasteiger partial charge >= 0.3 is 0 Å². The highest BCUT2D eigenvalue weighted by Gasteiger charge is 2.29. The van der Waals surface area contributed by atoms with Crippen molar-refractivity contribution in [3.05, 3.63) is 34.6 Å². The molecule has 0 spiro atoms. The van der Waals surface area contributed by atoms with Gasteiger partial charge in [-0.15, -0.1) is 0 Å². The van der Waals surface area contributed by atoms with E-state index in [1.54, 1.807) is 4.57 Å². The molecule has 1 aromatic heterocycles. The Morgan fingerprint density at radius 2 is 1.89 bits per heavy atom. The van der Waals surface area contributed by atoms with Crippen LogP contribution in [0.5, 0.6) is 0 Å². The average Bonchev–Trinajstić information content (AvgIpc) is 2.62. The van der Waals surface area contributed by atoms with Crippen LogP contribution in [0.3, 0.4) is 0 Å². The van der Waals surface area contributed by atoms with Gasteiger partial charge in [0, 0.05) is 18.6 Å². The lowest BCUT2D eigenvalue weighted by molar-refractivity contribution is -0.134. The van der Waals surface area contributed by atoms with Crippen molar-refractivity contribution in [1.82, 2.24) is 14.5 Å². The highest BCUT2D eigenvalue weighted by atomic mass is 32.2. The van der Waals surface area contributed by atoms with Crippen molar-refractivity contribution in [2.24, 2.45) is 5.92 Å². The number of fused-ring (bicyclic) bond motifs is 1. The van der Waals surface area contributed by atoms with Crippen molar-refractivity contribution in [2.45, 2.75) is 70.7 Å². The van der Waals surface area contributed by atoms with Crippen LogP contribution in [0, 0.1) is 5.92 Å². The molecule has 0 saturated carbocycles. The van der Waals surface area contributed by atoms with Gasteiger partial charge in [-0.25, -0.2) is 4.98 Å². The standard InChI is InChI=1S/C21H29N3O2S/c1-14(2)12-23-20(26)17-10-5-6-11-18(17)22-21(23)27-13-19(25)24-15(3)8-7-9-16(24)4/h5-6,10-11,14-16H,7-9,12-13H2,1-4H3. The quantitative estimate of drug-likeness (QED) is 0.576. The number of hydrogen-bond acceptors (Lipinski definition) is 4. The van der Waals surface area contributed by atoms with Crippen LogP contribution in [0.15, 0.2) is 34.2 Å². The zero-order chi connectivity index (χ0) is 19.6. The van der Waals surface area contributed by atoms with Gasteiger partial charge in [0.05, 0.1) is 16.7 Å². The fourth-order valence-corrected chi connectivity index (χ4v) is 4.78. The number of hydrogen-bond donors (Lipinski definition) is 0.